The maximum Gasteiger partial charge on any atom is 0.212 e. The summed E-state index contributed by atoms with van der Waals surface area (Å²) in [5.74, 6) is -23.3. The Labute approximate surface area is 169 Å². The van der Waals surface area contributed by atoms with E-state index >= 15 is 8.78 Å². The van der Waals surface area contributed by atoms with Crippen LogP contribution >= 0.6 is 0 Å². The van der Waals surface area contributed by atoms with E-state index in [4.69, 9.17) is 0 Å². The normalized spacial score (nSPS) is 22.0. The van der Waals surface area contributed by atoms with E-state index in [1.54, 1.807) is 0 Å². The van der Waals surface area contributed by atoms with Crippen LogP contribution in [0.1, 0.15) is 22.3 Å². The lowest BCUT2D eigenvalue weighted by atomic mass is 9.56. The number of hydrogen-bond donors (Lipinski definition) is 0. The lowest BCUT2D eigenvalue weighted by Crippen LogP contribution is -2.58. The zero-order valence-electron chi connectivity index (χ0n) is 14.8. The van der Waals surface area contributed by atoms with Crippen LogP contribution in [-0.4, -0.2) is 0 Å². The lowest BCUT2D eigenvalue weighted by molar-refractivity contribution is -0.0441. The van der Waals surface area contributed by atoms with Gasteiger partial charge in [-0.1, -0.05) is 0 Å². The highest BCUT2D eigenvalue weighted by Gasteiger charge is 2.74. The van der Waals surface area contributed by atoms with Gasteiger partial charge in [-0.25, -0.2) is 52.7 Å². The van der Waals surface area contributed by atoms with E-state index in [0.717, 1.165) is 0 Å². The van der Waals surface area contributed by atoms with Crippen LogP contribution in [0.15, 0.2) is 24.3 Å². The van der Waals surface area contributed by atoms with Crippen molar-refractivity contribution in [2.75, 3.05) is 0 Å². The third kappa shape index (κ3) is 2.43. The molecule has 4 rings (SSSR count). The lowest BCUT2D eigenvalue weighted by Gasteiger charge is -2.50. The SMILES string of the molecule is Fc1cc(F)c(C2(F)c3c(F)c(F)c(F)c(F)c3C2(F)c2c(F)cc(F)cc2F)c(F)c1. The number of rotatable bonds is 2. The maximum absolute atomic E-state index is 16.1. The summed E-state index contributed by atoms with van der Waals surface area (Å²) >= 11 is 0. The van der Waals surface area contributed by atoms with Crippen LogP contribution < -0.4 is 0 Å². The Bertz CT molecular complexity index is 1170. The standard InChI is InChI=1S/C20H4F12/c21-5-1-7(23)11(8(24)2-5)19(31)13-14(16(28)18(30)17(29)15(13)27)20(19,32)12-9(25)3-6(22)4-10(12)26/h1-4H. The monoisotopic (exact) mass is 472 g/mol. The van der Waals surface area contributed by atoms with E-state index < -0.39 is 91.8 Å². The van der Waals surface area contributed by atoms with Gasteiger partial charge in [0.25, 0.3) is 0 Å². The molecule has 1 aliphatic rings. The minimum atomic E-state index is -4.79. The molecule has 168 valence electrons. The van der Waals surface area contributed by atoms with Gasteiger partial charge >= 0.3 is 0 Å². The molecule has 0 spiro atoms. The van der Waals surface area contributed by atoms with Crippen molar-refractivity contribution in [3.8, 4) is 0 Å². The van der Waals surface area contributed by atoms with Crippen LogP contribution in [0.25, 0.3) is 0 Å². The molecule has 1 aliphatic carbocycles. The fourth-order valence-corrected chi connectivity index (χ4v) is 3.90. The predicted molar refractivity (Wildman–Crippen MR) is 82.7 cm³/mol. The molecule has 3 aromatic carbocycles. The summed E-state index contributed by atoms with van der Waals surface area (Å²) < 4.78 is 172. The molecule has 2 unspecified atom stereocenters. The highest BCUT2D eigenvalue weighted by atomic mass is 19.2. The Balaban J connectivity index is 2.24. The fraction of sp³-hybridized carbons (Fsp3) is 0.100. The summed E-state index contributed by atoms with van der Waals surface area (Å²) in [6, 6.07) is -0.930. The van der Waals surface area contributed by atoms with Gasteiger partial charge in [-0.2, -0.15) is 0 Å². The van der Waals surface area contributed by atoms with Crippen molar-refractivity contribution in [2.45, 2.75) is 11.3 Å². The highest BCUT2D eigenvalue weighted by Crippen LogP contribution is 2.67. The molecule has 0 bridgehead atoms. The molecule has 0 heterocycles. The summed E-state index contributed by atoms with van der Waals surface area (Å²) in [4.78, 5) is 0. The topological polar surface area (TPSA) is 0 Å². The molecule has 2 atom stereocenters. The molecule has 0 fully saturated rings. The van der Waals surface area contributed by atoms with E-state index in [1.807, 2.05) is 0 Å². The fourth-order valence-electron chi connectivity index (χ4n) is 3.90. The highest BCUT2D eigenvalue weighted by molar-refractivity contribution is 5.65. The molecule has 0 radical (unpaired) electrons. The zero-order chi connectivity index (χ0) is 23.9. The van der Waals surface area contributed by atoms with Crippen molar-refractivity contribution in [2.24, 2.45) is 0 Å². The van der Waals surface area contributed by atoms with Gasteiger partial charge in [-0.05, 0) is 0 Å². The molecule has 12 heteroatoms. The summed E-state index contributed by atoms with van der Waals surface area (Å²) in [6.07, 6.45) is 0. The van der Waals surface area contributed by atoms with E-state index in [-0.39, 0.29) is 24.3 Å². The van der Waals surface area contributed by atoms with Gasteiger partial charge in [0.1, 0.15) is 34.9 Å². The molecular weight excluding hydrogens is 468 g/mol. The van der Waals surface area contributed by atoms with Crippen molar-refractivity contribution in [3.05, 3.63) is 105 Å². The summed E-state index contributed by atoms with van der Waals surface area (Å²) in [7, 11) is 0. The number of alkyl halides is 2. The van der Waals surface area contributed by atoms with E-state index in [9.17, 15) is 43.9 Å². The third-order valence-electron chi connectivity index (χ3n) is 5.13. The number of benzene rings is 3. The first-order valence-corrected chi connectivity index (χ1v) is 8.33. The Morgan fingerprint density at radius 3 is 0.875 bits per heavy atom. The average Bonchev–Trinajstić information content (AvgIpc) is 2.66. The smallest absolute Gasteiger partial charge is 0.212 e. The summed E-state index contributed by atoms with van der Waals surface area (Å²) in [6.45, 7) is 0. The van der Waals surface area contributed by atoms with E-state index in [1.165, 1.54) is 0 Å². The summed E-state index contributed by atoms with van der Waals surface area (Å²) in [5.41, 5.74) is -18.3. The number of hydrogen-bond acceptors (Lipinski definition) is 0. The molecule has 0 saturated carbocycles. The molecule has 3 aromatic rings. The van der Waals surface area contributed by atoms with Crippen molar-refractivity contribution < 1.29 is 52.7 Å². The van der Waals surface area contributed by atoms with Gasteiger partial charge < -0.3 is 0 Å². The average molecular weight is 472 g/mol. The van der Waals surface area contributed by atoms with E-state index in [2.05, 4.69) is 0 Å². The third-order valence-corrected chi connectivity index (χ3v) is 5.13. The van der Waals surface area contributed by atoms with Crippen molar-refractivity contribution in [1.82, 2.24) is 0 Å². The number of halogens is 12. The van der Waals surface area contributed by atoms with Crippen LogP contribution in [0.3, 0.4) is 0 Å². The van der Waals surface area contributed by atoms with Gasteiger partial charge in [0, 0.05) is 35.4 Å². The van der Waals surface area contributed by atoms with Crippen LogP contribution in [0.4, 0.5) is 52.7 Å². The quantitative estimate of drug-likeness (QED) is 0.227. The van der Waals surface area contributed by atoms with Crippen LogP contribution in [0.2, 0.25) is 0 Å². The van der Waals surface area contributed by atoms with Crippen molar-refractivity contribution in [3.63, 3.8) is 0 Å². The Morgan fingerprint density at radius 2 is 0.625 bits per heavy atom. The van der Waals surface area contributed by atoms with Crippen LogP contribution in [0, 0.1) is 58.2 Å². The molecule has 0 saturated heterocycles. The second-order valence-electron chi connectivity index (χ2n) is 6.81. The van der Waals surface area contributed by atoms with Gasteiger partial charge in [0.15, 0.2) is 23.3 Å². The predicted octanol–water partition coefficient (Wildman–Crippen LogP) is 6.52. The Morgan fingerprint density at radius 1 is 0.375 bits per heavy atom. The number of fused-ring (bicyclic) bond motifs is 1. The minimum absolute atomic E-state index is 0.232. The Hall–Kier alpha value is -3.18. The molecule has 0 amide bonds. The van der Waals surface area contributed by atoms with Crippen LogP contribution in [-0.2, 0) is 11.3 Å². The van der Waals surface area contributed by atoms with Crippen LogP contribution in [0.5, 0.6) is 0 Å². The maximum atomic E-state index is 16.1. The van der Waals surface area contributed by atoms with Gasteiger partial charge in [-0.15, -0.1) is 0 Å². The molecule has 0 aromatic heterocycles. The van der Waals surface area contributed by atoms with Crippen molar-refractivity contribution in [1.29, 1.82) is 0 Å². The first kappa shape index (κ1) is 22.0. The molecule has 0 nitrogen and oxygen atoms in total. The zero-order valence-corrected chi connectivity index (χ0v) is 14.8. The minimum Gasteiger partial charge on any atom is -0.229 e. The molecule has 0 aliphatic heterocycles. The largest absolute Gasteiger partial charge is 0.229 e. The second kappa shape index (κ2) is 6.66. The van der Waals surface area contributed by atoms with Gasteiger partial charge in [0.2, 0.25) is 11.3 Å². The Kier molecular flexibility index (Phi) is 4.58. The molecular formula is C20H4F12. The first-order chi connectivity index (χ1) is 14.8. The van der Waals surface area contributed by atoms with Crippen molar-refractivity contribution >= 4 is 0 Å². The summed E-state index contributed by atoms with van der Waals surface area (Å²) in [5, 5.41) is 0. The molecule has 32 heavy (non-hydrogen) atoms. The first-order valence-electron chi connectivity index (χ1n) is 8.33. The van der Waals surface area contributed by atoms with Gasteiger partial charge in [0.05, 0.1) is 11.1 Å². The van der Waals surface area contributed by atoms with Gasteiger partial charge in [-0.3, -0.25) is 0 Å². The molecule has 0 N–H and O–H groups in total. The second-order valence-corrected chi connectivity index (χ2v) is 6.81. The van der Waals surface area contributed by atoms with E-state index in [0.29, 0.717) is 0 Å².